The predicted octanol–water partition coefficient (Wildman–Crippen LogP) is 2.73. The average Bonchev–Trinajstić information content (AvgIpc) is 0.757. The van der Waals surface area contributed by atoms with Crippen molar-refractivity contribution in [3.8, 4) is 62.9 Å². The van der Waals surface area contributed by atoms with E-state index in [9.17, 15) is 60.7 Å². The van der Waals surface area contributed by atoms with Crippen LogP contribution in [0.25, 0.3) is 11.1 Å². The van der Waals surface area contributed by atoms with Crippen LogP contribution < -0.4 is 72.5 Å². The highest BCUT2D eigenvalue weighted by Gasteiger charge is 2.53. The van der Waals surface area contributed by atoms with Crippen molar-refractivity contribution in [2.24, 2.45) is 41.2 Å². The first-order chi connectivity index (χ1) is 58.1. The Morgan fingerprint density at radius 1 is 0.656 bits per heavy atom. The SMILES string of the molecule is CN[C@H](CC(C)C)C(=O)N[C@H]1C(=O)NC(C(=O)NC(=O)c2ccc(OCCO)cc2)C(=O)N[C@H]2C(=O)N[C@H]3C(=O)N[C@H](C(=O)N[C@H](C(=O)NC4C5CC6CC(C5)CC4C6)c4cc(O)cc(O)c4-c4cc3ccc4O)[C@H](O)c3ccc(c(Cl)c3)Oc3cc2cc(c3O[C@@H]2C[C@H](CO)[C@@H](O)[C@H](O)[C@H]2O[C@H]2C[C@](C)(N)[C@H](O)[C@H](C)O2)Oc2ccc(cc2C)[C@H]1O. The number of phenols is 3. The maximum atomic E-state index is 16.7. The van der Waals surface area contributed by atoms with Crippen LogP contribution in [0.5, 0.6) is 51.7 Å². The molecule has 6 aromatic rings. The number of halogens is 1. The molecule has 5 aliphatic carbocycles. The summed E-state index contributed by atoms with van der Waals surface area (Å²) >= 11 is 7.31. The maximum absolute atomic E-state index is 16.7. The van der Waals surface area contributed by atoms with Gasteiger partial charge in [0.25, 0.3) is 17.7 Å². The van der Waals surface area contributed by atoms with E-state index in [-0.39, 0.29) is 123 Å². The van der Waals surface area contributed by atoms with Crippen molar-refractivity contribution in [2.45, 2.75) is 195 Å². The number of aliphatic hydroxyl groups excluding tert-OH is 7. The Hall–Kier alpha value is -10.8. The molecule has 652 valence electrons. The molecule has 1 saturated heterocycles. The van der Waals surface area contributed by atoms with E-state index in [1.807, 2.05) is 13.8 Å². The zero-order chi connectivity index (χ0) is 87.4. The zero-order valence-electron chi connectivity index (χ0n) is 67.4. The fourth-order valence-corrected chi connectivity index (χ4v) is 18.7. The number of aromatic hydroxyl groups is 3. The van der Waals surface area contributed by atoms with Gasteiger partial charge in [-0.05, 0) is 215 Å². The number of rotatable bonds is 17. The van der Waals surface area contributed by atoms with Gasteiger partial charge in [-0.2, -0.15) is 0 Å². The number of aryl methyl sites for hydroxylation is 1. The molecule has 15 bridgehead atoms. The Bertz CT molecular complexity index is 5010. The number of imide groups is 1. The van der Waals surface area contributed by atoms with Crippen LogP contribution >= 0.6 is 11.6 Å². The molecule has 5 saturated carbocycles. The van der Waals surface area contributed by atoms with Crippen molar-refractivity contribution >= 4 is 64.8 Å². The number of likely N-dealkylation sites (N-methyl/N-ethyl adjacent to an activating group) is 1. The lowest BCUT2D eigenvalue weighted by Gasteiger charge is -2.54. The topological polar surface area (TPSA) is 546 Å². The number of hydrogen-bond donors (Lipinski definition) is 20. The highest BCUT2D eigenvalue weighted by atomic mass is 35.5. The second-order valence-corrected chi connectivity index (χ2v) is 34.2. The molecule has 11 aliphatic rings. The standard InChI is InChI=1S/C86H101ClN10O25/c1-35(2)19-53(89-6)78(109)94-67-70(103)42-10-15-56(36(3)20-42)119-58-28-46-29-59(74(58)121-60-30-47(34-99)72(105)73(106)75(60)122-61-33-86(5,88)76(107)37(4)118-61)120-57-16-11-43(27-52(57)87)71(104)68-82(113)93-66(81(112)90-63-44-22-38-21-39(24-44)25-45(63)23-38)51-31-48(100)32-55(102)62(51)50-26-41(9-14-54(50)101)64(79(110)95-68)91-80(111)65(46)92-84(115)69(96-83(67)114)85(116)97-77(108)40-7-12-49(13-8-40)117-18-17-98/h7-16,20,26-29,31-32,35,37-39,44-45,47,53,60-61,63-73,75-76,89,98-107H,17-19,21-25,30,33-34,88H2,1-6H3,(H,90,112)(H,91,111)(H,92,115)(H,93,113)(H,94,109)(H,95,110)(H,96,114)(H,97,108,116)/t37-,38?,39?,44?,45?,47+,53+,60+,61-,63?,64+,65+,66-,67+,68-,69?,70+,71+,72+,73-,75-,76+,86-/m0/s1. The molecule has 6 fully saturated rings. The molecular weight excluding hydrogens is 1610 g/mol. The fraction of sp³-hybridized carbons (Fsp3) is 0.477. The normalized spacial score (nSPS) is 30.8. The molecule has 18 atom stereocenters. The molecule has 21 N–H and O–H groups in total. The van der Waals surface area contributed by atoms with Gasteiger partial charge in [0.15, 0.2) is 23.8 Å². The summed E-state index contributed by atoms with van der Waals surface area (Å²) in [7, 11) is 1.47. The first-order valence-corrected chi connectivity index (χ1v) is 41.0. The van der Waals surface area contributed by atoms with E-state index in [0.29, 0.717) is 11.8 Å². The zero-order valence-corrected chi connectivity index (χ0v) is 68.2. The Morgan fingerprint density at radius 2 is 1.29 bits per heavy atom. The number of benzene rings is 6. The molecule has 1 unspecified atom stereocenters. The number of hydrogen-bond acceptors (Lipinski definition) is 27. The van der Waals surface area contributed by atoms with E-state index in [1.165, 1.54) is 75.5 Å². The Kier molecular flexibility index (Phi) is 25.8. The molecule has 122 heavy (non-hydrogen) atoms. The van der Waals surface area contributed by atoms with Gasteiger partial charge >= 0.3 is 0 Å². The van der Waals surface area contributed by atoms with E-state index in [1.54, 1.807) is 6.92 Å². The highest BCUT2D eigenvalue weighted by Crippen LogP contribution is 2.55. The number of aliphatic hydroxyl groups is 7. The molecule has 6 aliphatic heterocycles. The van der Waals surface area contributed by atoms with Crippen LogP contribution in [-0.4, -0.2) is 210 Å². The Morgan fingerprint density at radius 3 is 1.93 bits per heavy atom. The van der Waals surface area contributed by atoms with Crippen molar-refractivity contribution < 1.29 is 123 Å². The molecule has 0 spiro atoms. The number of nitrogens with one attached hydrogen (secondary N) is 9. The number of fused-ring (bicyclic) bond motifs is 15. The maximum Gasteiger partial charge on any atom is 0.259 e. The van der Waals surface area contributed by atoms with Gasteiger partial charge in [-0.25, -0.2) is 0 Å². The average molecular weight is 1710 g/mol. The number of carbonyl (C=O) groups is 9. The van der Waals surface area contributed by atoms with Crippen molar-refractivity contribution in [1.29, 1.82) is 0 Å². The molecule has 9 amide bonds. The van der Waals surface area contributed by atoms with Crippen molar-refractivity contribution in [3.05, 3.63) is 147 Å². The summed E-state index contributed by atoms with van der Waals surface area (Å²) in [4.78, 5) is 140. The predicted molar refractivity (Wildman–Crippen MR) is 431 cm³/mol. The van der Waals surface area contributed by atoms with Crippen LogP contribution in [0.15, 0.2) is 103 Å². The van der Waals surface area contributed by atoms with E-state index in [0.717, 1.165) is 80.6 Å². The molecular formula is C86H101ClN10O25. The number of nitrogens with two attached hydrogens (primary N) is 1. The third-order valence-electron chi connectivity index (χ3n) is 24.6. The van der Waals surface area contributed by atoms with Crippen LogP contribution in [0.4, 0.5) is 0 Å². The second-order valence-electron chi connectivity index (χ2n) is 33.8. The van der Waals surface area contributed by atoms with Crippen molar-refractivity contribution in [2.75, 3.05) is 26.9 Å². The van der Waals surface area contributed by atoms with E-state index in [4.69, 9.17) is 45.8 Å². The molecule has 6 aromatic carbocycles. The molecule has 0 radical (unpaired) electrons. The summed E-state index contributed by atoms with van der Waals surface area (Å²) in [6, 6.07) is 5.07. The number of carbonyl (C=O) groups excluding carboxylic acids is 9. The minimum Gasteiger partial charge on any atom is -0.508 e. The third-order valence-corrected chi connectivity index (χ3v) is 24.9. The minimum absolute atomic E-state index is 0.0570. The largest absolute Gasteiger partial charge is 0.508 e. The lowest BCUT2D eigenvalue weighted by Crippen LogP contribution is -2.63. The molecule has 17 rings (SSSR count). The third kappa shape index (κ3) is 18.2. The van der Waals surface area contributed by atoms with E-state index in [2.05, 4.69) is 47.9 Å². The van der Waals surface area contributed by atoms with Crippen LogP contribution in [0.1, 0.15) is 153 Å². The fourth-order valence-electron chi connectivity index (χ4n) is 18.5. The Labute approximate surface area is 705 Å². The first kappa shape index (κ1) is 87.5. The first-order valence-electron chi connectivity index (χ1n) is 40.7. The molecule has 6 heterocycles. The molecule has 35 nitrogen and oxygen atoms in total. The van der Waals surface area contributed by atoms with E-state index >= 15 is 33.6 Å². The van der Waals surface area contributed by atoms with Crippen LogP contribution in [0.3, 0.4) is 0 Å². The summed E-state index contributed by atoms with van der Waals surface area (Å²) in [6.45, 7) is 6.96. The summed E-state index contributed by atoms with van der Waals surface area (Å²) in [5.41, 5.74) is 3.04. The highest BCUT2D eigenvalue weighted by molar-refractivity contribution is 6.32. The van der Waals surface area contributed by atoms with Crippen molar-refractivity contribution in [3.63, 3.8) is 0 Å². The van der Waals surface area contributed by atoms with Gasteiger partial charge in [0.1, 0.15) is 102 Å². The Balaban J connectivity index is 0.976. The second kappa shape index (κ2) is 35.9. The van der Waals surface area contributed by atoms with Gasteiger partial charge in [0, 0.05) is 53.3 Å². The summed E-state index contributed by atoms with van der Waals surface area (Å²) < 4.78 is 38.9. The summed E-state index contributed by atoms with van der Waals surface area (Å²) in [5.74, 6) is -15.9. The smallest absolute Gasteiger partial charge is 0.259 e. The van der Waals surface area contributed by atoms with Crippen molar-refractivity contribution in [1.82, 2.24) is 47.9 Å². The lowest BCUT2D eigenvalue weighted by atomic mass is 9.54. The van der Waals surface area contributed by atoms with Gasteiger partial charge in [-0.1, -0.05) is 43.6 Å². The van der Waals surface area contributed by atoms with E-state index < -0.39 is 209 Å². The number of amides is 9. The monoisotopic (exact) mass is 1710 g/mol. The molecule has 36 heteroatoms. The quantitative estimate of drug-likeness (QED) is 0.0461. The van der Waals surface area contributed by atoms with Gasteiger partial charge in [0.2, 0.25) is 41.2 Å². The number of ether oxygens (including phenoxy) is 6. The van der Waals surface area contributed by atoms with Gasteiger partial charge in [-0.3, -0.25) is 48.5 Å². The van der Waals surface area contributed by atoms with Crippen LogP contribution in [0.2, 0.25) is 5.02 Å². The summed E-state index contributed by atoms with van der Waals surface area (Å²) in [6.07, 6.45) is -10.6. The number of phenolic OH excluding ortho intramolecular Hbond substituents is 3. The van der Waals surface area contributed by atoms with Crippen LogP contribution in [-0.2, 0) is 47.8 Å². The minimum atomic E-state index is -2.73. The van der Waals surface area contributed by atoms with Gasteiger partial charge < -0.3 is 128 Å². The summed E-state index contributed by atoms with van der Waals surface area (Å²) in [5, 5.41) is 140. The molecule has 0 aromatic heterocycles. The van der Waals surface area contributed by atoms with Gasteiger partial charge in [0.05, 0.1) is 36.0 Å². The van der Waals surface area contributed by atoms with Gasteiger partial charge in [-0.15, -0.1) is 0 Å². The lowest BCUT2D eigenvalue weighted by molar-refractivity contribution is -0.286. The van der Waals surface area contributed by atoms with Crippen LogP contribution in [0, 0.1) is 42.4 Å².